The summed E-state index contributed by atoms with van der Waals surface area (Å²) >= 11 is 0. The van der Waals surface area contributed by atoms with E-state index in [1.54, 1.807) is 11.0 Å². The fourth-order valence-corrected chi connectivity index (χ4v) is 3.69. The molecule has 5 nitrogen and oxygen atoms in total. The molecule has 0 spiro atoms. The first kappa shape index (κ1) is 21.7. The van der Waals surface area contributed by atoms with Crippen molar-refractivity contribution in [2.24, 2.45) is 0 Å². The van der Waals surface area contributed by atoms with Crippen LogP contribution in [0.15, 0.2) is 36.4 Å². The third kappa shape index (κ3) is 4.96. The summed E-state index contributed by atoms with van der Waals surface area (Å²) in [5.74, 6) is -1.33. The van der Waals surface area contributed by atoms with Crippen LogP contribution in [0.25, 0.3) is 11.1 Å². The largest absolute Gasteiger partial charge is 0.497 e. The predicted molar refractivity (Wildman–Crippen MR) is 110 cm³/mol. The van der Waals surface area contributed by atoms with E-state index in [9.17, 15) is 18.4 Å². The maximum atomic E-state index is 14.8. The van der Waals surface area contributed by atoms with Crippen LogP contribution in [0.2, 0.25) is 0 Å². The second-order valence-corrected chi connectivity index (χ2v) is 7.45. The molecule has 0 aromatic heterocycles. The highest BCUT2D eigenvalue weighted by molar-refractivity contribution is 5.95. The van der Waals surface area contributed by atoms with Crippen LogP contribution >= 0.6 is 0 Å². The number of carbonyl (C=O) groups is 2. The molecule has 1 saturated heterocycles. The smallest absolute Gasteiger partial charge is 0.256 e. The fourth-order valence-electron chi connectivity index (χ4n) is 3.69. The van der Waals surface area contributed by atoms with Crippen LogP contribution in [0.1, 0.15) is 43.0 Å². The maximum Gasteiger partial charge on any atom is 0.256 e. The zero-order valence-electron chi connectivity index (χ0n) is 17.2. The highest BCUT2D eigenvalue weighted by Crippen LogP contribution is 2.28. The number of carbonyl (C=O) groups excluding carboxylic acids is 2. The molecule has 1 fully saturated rings. The van der Waals surface area contributed by atoms with Crippen molar-refractivity contribution in [3.63, 3.8) is 0 Å². The summed E-state index contributed by atoms with van der Waals surface area (Å²) in [5, 5.41) is 2.94. The quantitative estimate of drug-likeness (QED) is 0.769. The normalized spacial score (nSPS) is 16.3. The minimum absolute atomic E-state index is 0.0335. The highest BCUT2D eigenvalue weighted by atomic mass is 19.1. The Bertz CT molecular complexity index is 933. The van der Waals surface area contributed by atoms with Crippen molar-refractivity contribution in [3.05, 3.63) is 53.6 Å². The number of hydrogen-bond donors (Lipinski definition) is 1. The van der Waals surface area contributed by atoms with Gasteiger partial charge in [-0.1, -0.05) is 13.0 Å². The Morgan fingerprint density at radius 2 is 1.97 bits per heavy atom. The Balaban J connectivity index is 1.74. The van der Waals surface area contributed by atoms with E-state index in [1.807, 2.05) is 6.92 Å². The third-order valence-electron chi connectivity index (χ3n) is 5.24. The zero-order chi connectivity index (χ0) is 21.7. The molecule has 7 heteroatoms. The molecule has 1 unspecified atom stereocenters. The van der Waals surface area contributed by atoms with E-state index < -0.39 is 17.5 Å². The van der Waals surface area contributed by atoms with Crippen molar-refractivity contribution < 1.29 is 23.1 Å². The number of rotatable bonds is 6. The molecule has 0 bridgehead atoms. The number of hydrogen-bond acceptors (Lipinski definition) is 3. The monoisotopic (exact) mass is 416 g/mol. The van der Waals surface area contributed by atoms with Crippen LogP contribution < -0.4 is 10.1 Å². The van der Waals surface area contributed by atoms with Gasteiger partial charge in [-0.15, -0.1) is 0 Å². The maximum absolute atomic E-state index is 14.8. The first-order valence-electron chi connectivity index (χ1n) is 10.1. The fraction of sp³-hybridized carbons (Fsp3) is 0.391. The molecule has 0 aliphatic carbocycles. The van der Waals surface area contributed by atoms with Crippen molar-refractivity contribution in [1.29, 1.82) is 0 Å². The lowest BCUT2D eigenvalue weighted by Gasteiger charge is -2.33. The molecule has 0 radical (unpaired) electrons. The molecule has 1 atom stereocenters. The second kappa shape index (κ2) is 9.69. The number of halogens is 2. The summed E-state index contributed by atoms with van der Waals surface area (Å²) in [6.45, 7) is 2.79. The standard InChI is InChI=1S/C23H26F2N2O3/c1-3-5-22(28)26-16-6-4-11-27(14-16)23(29)19-9-7-15(12-20(19)24)18-10-8-17(30-2)13-21(18)25/h7-10,12-13,16H,3-6,11,14H2,1-2H3,(H,26,28). The minimum Gasteiger partial charge on any atom is -0.497 e. The van der Waals surface area contributed by atoms with E-state index >= 15 is 0 Å². The summed E-state index contributed by atoms with van der Waals surface area (Å²) in [6.07, 6.45) is 2.73. The SMILES string of the molecule is CCCC(=O)NC1CCCN(C(=O)c2ccc(-c3ccc(OC)cc3F)cc2F)C1. The van der Waals surface area contributed by atoms with E-state index in [2.05, 4.69) is 5.32 Å². The molecule has 3 rings (SSSR count). The molecule has 1 heterocycles. The molecular weight excluding hydrogens is 390 g/mol. The lowest BCUT2D eigenvalue weighted by Crippen LogP contribution is -2.49. The molecule has 2 aromatic rings. The van der Waals surface area contributed by atoms with Crippen molar-refractivity contribution in [3.8, 4) is 16.9 Å². The molecule has 2 aromatic carbocycles. The number of ether oxygens (including phenoxy) is 1. The number of nitrogens with one attached hydrogen (secondary N) is 1. The lowest BCUT2D eigenvalue weighted by atomic mass is 10.0. The Labute approximate surface area is 175 Å². The van der Waals surface area contributed by atoms with Gasteiger partial charge in [0.2, 0.25) is 5.91 Å². The molecular formula is C23H26F2N2O3. The Morgan fingerprint density at radius 1 is 1.17 bits per heavy atom. The number of amides is 2. The number of likely N-dealkylation sites (tertiary alicyclic amines) is 1. The molecule has 0 saturated carbocycles. The minimum atomic E-state index is -0.704. The van der Waals surface area contributed by atoms with Crippen molar-refractivity contribution in [1.82, 2.24) is 10.2 Å². The van der Waals surface area contributed by atoms with Crippen molar-refractivity contribution in [2.45, 2.75) is 38.6 Å². The molecule has 1 aliphatic heterocycles. The van der Waals surface area contributed by atoms with E-state index in [0.29, 0.717) is 30.8 Å². The van der Waals surface area contributed by atoms with Gasteiger partial charge in [0.1, 0.15) is 17.4 Å². The summed E-state index contributed by atoms with van der Waals surface area (Å²) in [7, 11) is 1.44. The third-order valence-corrected chi connectivity index (χ3v) is 5.24. The van der Waals surface area contributed by atoms with Crippen molar-refractivity contribution >= 4 is 11.8 Å². The Morgan fingerprint density at radius 3 is 2.63 bits per heavy atom. The Kier molecular flexibility index (Phi) is 7.03. The number of nitrogens with zero attached hydrogens (tertiary/aromatic N) is 1. The zero-order valence-corrected chi connectivity index (χ0v) is 17.2. The topological polar surface area (TPSA) is 58.6 Å². The molecule has 30 heavy (non-hydrogen) atoms. The van der Waals surface area contributed by atoms with Crippen LogP contribution in [0.5, 0.6) is 5.75 Å². The van der Waals surface area contributed by atoms with Gasteiger partial charge in [0, 0.05) is 37.2 Å². The average Bonchev–Trinajstić information content (AvgIpc) is 2.73. The van der Waals surface area contributed by atoms with Gasteiger partial charge in [-0.2, -0.15) is 0 Å². The van der Waals surface area contributed by atoms with Crippen LogP contribution in [0, 0.1) is 11.6 Å². The van der Waals surface area contributed by atoms with Gasteiger partial charge in [0.05, 0.1) is 12.7 Å². The average molecular weight is 416 g/mol. The van der Waals surface area contributed by atoms with Crippen LogP contribution in [0.4, 0.5) is 8.78 Å². The highest BCUT2D eigenvalue weighted by Gasteiger charge is 2.27. The van der Waals surface area contributed by atoms with Gasteiger partial charge in [0.15, 0.2) is 0 Å². The van der Waals surface area contributed by atoms with Gasteiger partial charge < -0.3 is 15.0 Å². The van der Waals surface area contributed by atoms with Gasteiger partial charge in [-0.25, -0.2) is 8.78 Å². The van der Waals surface area contributed by atoms with Crippen LogP contribution in [-0.4, -0.2) is 43.0 Å². The first-order chi connectivity index (χ1) is 14.4. The number of methoxy groups -OCH3 is 1. The summed E-state index contributed by atoms with van der Waals surface area (Å²) in [4.78, 5) is 26.3. The van der Waals surface area contributed by atoms with E-state index in [-0.39, 0.29) is 23.1 Å². The molecule has 1 N–H and O–H groups in total. The van der Waals surface area contributed by atoms with Gasteiger partial charge in [-0.3, -0.25) is 9.59 Å². The van der Waals surface area contributed by atoms with E-state index in [0.717, 1.165) is 19.3 Å². The van der Waals surface area contributed by atoms with E-state index in [1.165, 1.54) is 37.4 Å². The summed E-state index contributed by atoms with van der Waals surface area (Å²) < 4.78 is 34.0. The number of benzene rings is 2. The molecule has 1 aliphatic rings. The van der Waals surface area contributed by atoms with Gasteiger partial charge in [-0.05, 0) is 49.1 Å². The van der Waals surface area contributed by atoms with Crippen LogP contribution in [0.3, 0.4) is 0 Å². The lowest BCUT2D eigenvalue weighted by molar-refractivity contribution is -0.122. The Hall–Kier alpha value is -2.96. The number of piperidine rings is 1. The van der Waals surface area contributed by atoms with Crippen molar-refractivity contribution in [2.75, 3.05) is 20.2 Å². The molecule has 2 amide bonds. The van der Waals surface area contributed by atoms with Gasteiger partial charge in [0.25, 0.3) is 5.91 Å². The predicted octanol–water partition coefficient (Wildman–Crippen LogP) is 4.16. The van der Waals surface area contributed by atoms with Gasteiger partial charge >= 0.3 is 0 Å². The second-order valence-electron chi connectivity index (χ2n) is 7.45. The molecule has 160 valence electrons. The summed E-state index contributed by atoms with van der Waals surface area (Å²) in [5.41, 5.74) is 0.506. The first-order valence-corrected chi connectivity index (χ1v) is 10.1. The van der Waals surface area contributed by atoms with E-state index in [4.69, 9.17) is 4.74 Å². The summed E-state index contributed by atoms with van der Waals surface area (Å²) in [6, 6.07) is 8.30. The van der Waals surface area contributed by atoms with Crippen LogP contribution in [-0.2, 0) is 4.79 Å².